The van der Waals surface area contributed by atoms with Gasteiger partial charge in [-0.3, -0.25) is 4.79 Å². The molecule has 2 unspecified atom stereocenters. The summed E-state index contributed by atoms with van der Waals surface area (Å²) in [4.78, 5) is 25.1. The van der Waals surface area contributed by atoms with Crippen molar-refractivity contribution in [1.29, 1.82) is 5.26 Å². The van der Waals surface area contributed by atoms with Crippen molar-refractivity contribution in [3.05, 3.63) is 47.0 Å². The highest BCUT2D eigenvalue weighted by molar-refractivity contribution is 5.93. The highest BCUT2D eigenvalue weighted by Crippen LogP contribution is 2.37. The van der Waals surface area contributed by atoms with Gasteiger partial charge in [-0.2, -0.15) is 5.26 Å². The Hall–Kier alpha value is -3.73. The maximum absolute atomic E-state index is 11.8. The highest BCUT2D eigenvalue weighted by atomic mass is 16.5. The number of carboxylic acid groups (broad SMARTS) is 1. The van der Waals surface area contributed by atoms with Gasteiger partial charge in [0.2, 0.25) is 5.91 Å². The Bertz CT molecular complexity index is 1140. The molecule has 2 amide bonds. The Labute approximate surface area is 206 Å². The molecule has 0 aromatic heterocycles. The topological polar surface area (TPSA) is 115 Å². The van der Waals surface area contributed by atoms with E-state index >= 15 is 0 Å². The van der Waals surface area contributed by atoms with Crippen molar-refractivity contribution in [3.8, 4) is 17.6 Å². The summed E-state index contributed by atoms with van der Waals surface area (Å²) < 4.78 is 6.21. The van der Waals surface area contributed by atoms with E-state index in [0.29, 0.717) is 47.8 Å². The Morgan fingerprint density at radius 2 is 1.80 bits per heavy atom. The third-order valence-corrected chi connectivity index (χ3v) is 6.32. The lowest BCUT2D eigenvalue weighted by atomic mass is 9.79. The van der Waals surface area contributed by atoms with Gasteiger partial charge in [0.1, 0.15) is 11.5 Å². The number of carbonyl (C=O) groups is 2. The fraction of sp³-hybridized carbons (Fsp3) is 0.444. The van der Waals surface area contributed by atoms with Crippen LogP contribution in [0.3, 0.4) is 0 Å². The van der Waals surface area contributed by atoms with Crippen LogP contribution in [0.2, 0.25) is 0 Å². The molecule has 2 aromatic carbocycles. The summed E-state index contributed by atoms with van der Waals surface area (Å²) in [6.45, 7) is 11.8. The Kier molecular flexibility index (Phi) is 7.59. The van der Waals surface area contributed by atoms with Gasteiger partial charge in [-0.25, -0.2) is 4.79 Å². The van der Waals surface area contributed by atoms with E-state index in [2.05, 4.69) is 37.5 Å². The number of ether oxygens (including phenoxy) is 1. The third-order valence-electron chi connectivity index (χ3n) is 6.32. The number of nitrogens with one attached hydrogen (secondary N) is 2. The molecule has 2 atom stereocenters. The predicted octanol–water partition coefficient (Wildman–Crippen LogP) is 5.89. The van der Waals surface area contributed by atoms with Crippen LogP contribution in [0.5, 0.6) is 11.5 Å². The van der Waals surface area contributed by atoms with Crippen LogP contribution in [0.1, 0.15) is 57.2 Å². The fourth-order valence-electron chi connectivity index (χ4n) is 4.66. The number of amides is 2. The Balaban J connectivity index is 1.90. The molecule has 3 N–H and O–H groups in total. The molecular formula is C27H34N4O4. The molecule has 0 saturated carbocycles. The van der Waals surface area contributed by atoms with Crippen LogP contribution in [0.25, 0.3) is 0 Å². The summed E-state index contributed by atoms with van der Waals surface area (Å²) in [5, 5.41) is 25.3. The van der Waals surface area contributed by atoms with Crippen molar-refractivity contribution in [2.45, 2.75) is 66.5 Å². The maximum atomic E-state index is 11.8. The first-order chi connectivity index (χ1) is 16.4. The molecule has 3 rings (SSSR count). The average Bonchev–Trinajstić information content (AvgIpc) is 2.76. The number of aryl methyl sites for hydroxylation is 2. The molecule has 8 heteroatoms. The van der Waals surface area contributed by atoms with Crippen molar-refractivity contribution < 1.29 is 19.4 Å². The molecule has 0 bridgehead atoms. The normalized spacial score (nSPS) is 17.9. The van der Waals surface area contributed by atoms with Crippen molar-refractivity contribution in [2.75, 3.05) is 17.2 Å². The van der Waals surface area contributed by atoms with Crippen molar-refractivity contribution in [3.63, 3.8) is 0 Å². The molecule has 1 aliphatic heterocycles. The first-order valence-electron chi connectivity index (χ1n) is 11.8. The van der Waals surface area contributed by atoms with Crippen LogP contribution >= 0.6 is 0 Å². The van der Waals surface area contributed by atoms with Gasteiger partial charge in [-0.15, -0.1) is 0 Å². The predicted molar refractivity (Wildman–Crippen MR) is 136 cm³/mol. The molecular weight excluding hydrogens is 444 g/mol. The number of benzene rings is 2. The molecule has 1 fully saturated rings. The number of nitrogens with zero attached hydrogens (tertiary/aromatic N) is 2. The lowest BCUT2D eigenvalue weighted by Gasteiger charge is -2.45. The van der Waals surface area contributed by atoms with Crippen molar-refractivity contribution in [2.24, 2.45) is 5.41 Å². The summed E-state index contributed by atoms with van der Waals surface area (Å²) in [6, 6.07) is 11.0. The zero-order valence-electron chi connectivity index (χ0n) is 21.2. The van der Waals surface area contributed by atoms with Crippen molar-refractivity contribution in [1.82, 2.24) is 4.90 Å². The summed E-state index contributed by atoms with van der Waals surface area (Å²) in [7, 11) is 0. The SMILES string of the molecule is CC(=O)Nc1ccc(Oc2c(C)cc(C#N)cc2C)cc1NC1CCN(C(=O)O)C(C(C)(C)C)C1. The largest absolute Gasteiger partial charge is 0.465 e. The number of hydrogen-bond donors (Lipinski definition) is 3. The van der Waals surface area contributed by atoms with Gasteiger partial charge in [-0.05, 0) is 67.5 Å². The molecule has 2 aromatic rings. The molecule has 35 heavy (non-hydrogen) atoms. The third kappa shape index (κ3) is 6.24. The molecule has 0 radical (unpaired) electrons. The minimum Gasteiger partial charge on any atom is -0.465 e. The number of piperidine rings is 1. The van der Waals surface area contributed by atoms with Gasteiger partial charge in [-0.1, -0.05) is 20.8 Å². The molecule has 1 saturated heterocycles. The zero-order valence-corrected chi connectivity index (χ0v) is 21.2. The van der Waals surface area contributed by atoms with E-state index in [1.807, 2.05) is 19.9 Å². The lowest BCUT2D eigenvalue weighted by Crippen LogP contribution is -2.54. The first-order valence-corrected chi connectivity index (χ1v) is 11.8. The van der Waals surface area contributed by atoms with E-state index in [9.17, 15) is 20.0 Å². The molecule has 8 nitrogen and oxygen atoms in total. The summed E-state index contributed by atoms with van der Waals surface area (Å²) in [6.07, 6.45) is 0.400. The van der Waals surface area contributed by atoms with E-state index in [1.54, 1.807) is 24.3 Å². The van der Waals surface area contributed by atoms with Crippen LogP contribution in [0.4, 0.5) is 16.2 Å². The standard InChI is InChI=1S/C27H34N4O4/c1-16-11-19(15-28)12-17(2)25(16)35-21-7-8-22(29-18(3)32)23(14-21)30-20-9-10-31(26(33)34)24(13-20)27(4,5)6/h7-8,11-12,14,20,24,30H,9-10,13H2,1-6H3,(H,29,32)(H,33,34). The Morgan fingerprint density at radius 3 is 2.34 bits per heavy atom. The minimum atomic E-state index is -0.897. The van der Waals surface area contributed by atoms with Crippen LogP contribution in [0, 0.1) is 30.6 Å². The van der Waals surface area contributed by atoms with Crippen LogP contribution in [-0.4, -0.2) is 40.6 Å². The number of carbonyl (C=O) groups excluding carboxylic acids is 1. The molecule has 0 aliphatic carbocycles. The lowest BCUT2D eigenvalue weighted by molar-refractivity contribution is -0.114. The van der Waals surface area contributed by atoms with E-state index in [1.165, 1.54) is 11.8 Å². The fourth-order valence-corrected chi connectivity index (χ4v) is 4.66. The summed E-state index contributed by atoms with van der Waals surface area (Å²) in [5.41, 5.74) is 3.42. The number of anilines is 2. The Morgan fingerprint density at radius 1 is 1.14 bits per heavy atom. The molecule has 0 spiro atoms. The summed E-state index contributed by atoms with van der Waals surface area (Å²) in [5.74, 6) is 1.09. The number of hydrogen-bond acceptors (Lipinski definition) is 5. The second-order valence-electron chi connectivity index (χ2n) is 10.3. The monoisotopic (exact) mass is 478 g/mol. The first kappa shape index (κ1) is 25.9. The van der Waals surface area contributed by atoms with E-state index in [4.69, 9.17) is 4.74 Å². The zero-order chi connectivity index (χ0) is 25.9. The smallest absolute Gasteiger partial charge is 0.407 e. The highest BCUT2D eigenvalue weighted by Gasteiger charge is 2.38. The number of nitriles is 1. The average molecular weight is 479 g/mol. The molecule has 1 heterocycles. The van der Waals surface area contributed by atoms with Crippen LogP contribution in [-0.2, 0) is 4.79 Å². The maximum Gasteiger partial charge on any atom is 0.407 e. The van der Waals surface area contributed by atoms with E-state index in [0.717, 1.165) is 11.1 Å². The van der Waals surface area contributed by atoms with Gasteiger partial charge in [0, 0.05) is 31.6 Å². The van der Waals surface area contributed by atoms with Gasteiger partial charge in [0.05, 0.1) is 23.0 Å². The van der Waals surface area contributed by atoms with E-state index < -0.39 is 6.09 Å². The molecule has 1 aliphatic rings. The quantitative estimate of drug-likeness (QED) is 0.493. The van der Waals surface area contributed by atoms with Crippen molar-refractivity contribution >= 4 is 23.4 Å². The summed E-state index contributed by atoms with van der Waals surface area (Å²) >= 11 is 0. The minimum absolute atomic E-state index is 0.0240. The van der Waals surface area contributed by atoms with Gasteiger partial charge in [0.15, 0.2) is 0 Å². The number of likely N-dealkylation sites (tertiary alicyclic amines) is 1. The second-order valence-corrected chi connectivity index (χ2v) is 10.3. The van der Waals surface area contributed by atoms with E-state index in [-0.39, 0.29) is 23.4 Å². The number of rotatable bonds is 5. The van der Waals surface area contributed by atoms with Gasteiger partial charge < -0.3 is 25.4 Å². The van der Waals surface area contributed by atoms with Gasteiger partial charge >= 0.3 is 6.09 Å². The second kappa shape index (κ2) is 10.3. The van der Waals surface area contributed by atoms with Gasteiger partial charge in [0.25, 0.3) is 0 Å². The van der Waals surface area contributed by atoms with Crippen LogP contribution < -0.4 is 15.4 Å². The molecule has 186 valence electrons. The van der Waals surface area contributed by atoms with Crippen LogP contribution in [0.15, 0.2) is 30.3 Å².